The van der Waals surface area contributed by atoms with Crippen LogP contribution in [0.3, 0.4) is 0 Å². The van der Waals surface area contributed by atoms with Crippen LogP contribution in [0.25, 0.3) is 10.9 Å². The Morgan fingerprint density at radius 2 is 1.54 bits per heavy atom. The van der Waals surface area contributed by atoms with E-state index in [4.69, 9.17) is 23.2 Å². The highest BCUT2D eigenvalue weighted by Crippen LogP contribution is 2.33. The van der Waals surface area contributed by atoms with Gasteiger partial charge in [-0.15, -0.1) is 11.8 Å². The molecule has 3 aromatic carbocycles. The van der Waals surface area contributed by atoms with Crippen molar-refractivity contribution >= 4 is 45.9 Å². The number of thioether (sulfide) groups is 1. The lowest BCUT2D eigenvalue weighted by atomic mass is 10.2. The highest BCUT2D eigenvalue weighted by Gasteiger charge is 2.10. The van der Waals surface area contributed by atoms with Crippen LogP contribution >= 0.6 is 35.0 Å². The van der Waals surface area contributed by atoms with Crippen molar-refractivity contribution in [2.45, 2.75) is 17.2 Å². The number of hydrogen-bond acceptors (Lipinski definition) is 1. The van der Waals surface area contributed by atoms with Gasteiger partial charge in [0, 0.05) is 44.3 Å². The van der Waals surface area contributed by atoms with Crippen LogP contribution in [0.4, 0.5) is 0 Å². The summed E-state index contributed by atoms with van der Waals surface area (Å²) in [5.74, 6) is 0.914. The standard InChI is InChI=1S/C22H17Cl2NS/c23-18-11-9-16(10-12-18)15-26-22-14-25(21-8-4-2-6-19(21)22)13-17-5-1-3-7-20(17)24/h1-12,14H,13,15H2. The zero-order valence-electron chi connectivity index (χ0n) is 14.0. The van der Waals surface area contributed by atoms with Crippen LogP contribution in [0.5, 0.6) is 0 Å². The van der Waals surface area contributed by atoms with Crippen molar-refractivity contribution in [2.24, 2.45) is 0 Å². The Morgan fingerprint density at radius 1 is 0.808 bits per heavy atom. The molecular weight excluding hydrogens is 381 g/mol. The molecule has 0 aliphatic carbocycles. The SMILES string of the molecule is Clc1ccc(CSc2cn(Cc3ccccc3Cl)c3ccccc23)cc1. The second-order valence-electron chi connectivity index (χ2n) is 6.14. The third-order valence-electron chi connectivity index (χ3n) is 4.36. The number of para-hydroxylation sites is 1. The van der Waals surface area contributed by atoms with E-state index in [2.05, 4.69) is 53.2 Å². The van der Waals surface area contributed by atoms with Gasteiger partial charge in [-0.2, -0.15) is 0 Å². The maximum atomic E-state index is 6.36. The molecule has 0 saturated heterocycles. The van der Waals surface area contributed by atoms with Crippen molar-refractivity contribution in [3.05, 3.63) is 100 Å². The highest BCUT2D eigenvalue weighted by atomic mass is 35.5. The summed E-state index contributed by atoms with van der Waals surface area (Å²) in [6.07, 6.45) is 2.23. The number of rotatable bonds is 5. The Hall–Kier alpha value is -1.87. The minimum atomic E-state index is 0.766. The van der Waals surface area contributed by atoms with E-state index in [-0.39, 0.29) is 0 Å². The summed E-state index contributed by atoms with van der Waals surface area (Å²) in [6.45, 7) is 0.766. The van der Waals surface area contributed by atoms with Gasteiger partial charge in [0.25, 0.3) is 0 Å². The van der Waals surface area contributed by atoms with Gasteiger partial charge in [0.05, 0.1) is 0 Å². The third-order valence-corrected chi connectivity index (χ3v) is 6.09. The van der Waals surface area contributed by atoms with E-state index < -0.39 is 0 Å². The van der Waals surface area contributed by atoms with Gasteiger partial charge < -0.3 is 4.57 Å². The predicted octanol–water partition coefficient (Wildman–Crippen LogP) is 7.29. The first-order valence-electron chi connectivity index (χ1n) is 8.39. The second-order valence-corrected chi connectivity index (χ2v) is 8.01. The summed E-state index contributed by atoms with van der Waals surface area (Å²) in [7, 11) is 0. The normalized spacial score (nSPS) is 11.2. The molecule has 4 rings (SSSR count). The molecule has 4 heteroatoms. The first-order valence-corrected chi connectivity index (χ1v) is 10.1. The Morgan fingerprint density at radius 3 is 2.35 bits per heavy atom. The lowest BCUT2D eigenvalue weighted by Crippen LogP contribution is -1.98. The molecule has 1 nitrogen and oxygen atoms in total. The third kappa shape index (κ3) is 3.78. The van der Waals surface area contributed by atoms with Crippen molar-refractivity contribution in [1.82, 2.24) is 4.57 Å². The maximum Gasteiger partial charge on any atom is 0.0495 e. The maximum absolute atomic E-state index is 6.36. The number of hydrogen-bond donors (Lipinski definition) is 0. The Labute approximate surface area is 167 Å². The largest absolute Gasteiger partial charge is 0.342 e. The minimum Gasteiger partial charge on any atom is -0.342 e. The van der Waals surface area contributed by atoms with E-state index >= 15 is 0 Å². The van der Waals surface area contributed by atoms with Gasteiger partial charge >= 0.3 is 0 Å². The molecule has 0 saturated carbocycles. The van der Waals surface area contributed by atoms with Crippen molar-refractivity contribution in [3.63, 3.8) is 0 Å². The molecular formula is C22H17Cl2NS. The lowest BCUT2D eigenvalue weighted by Gasteiger charge is -2.07. The molecule has 0 unspecified atom stereocenters. The van der Waals surface area contributed by atoms with Gasteiger partial charge in [-0.3, -0.25) is 0 Å². The molecule has 26 heavy (non-hydrogen) atoms. The van der Waals surface area contributed by atoms with E-state index in [0.717, 1.165) is 27.9 Å². The summed E-state index contributed by atoms with van der Waals surface area (Å²) in [4.78, 5) is 1.28. The quantitative estimate of drug-likeness (QED) is 0.320. The fraction of sp³-hybridized carbons (Fsp3) is 0.0909. The van der Waals surface area contributed by atoms with Crippen molar-refractivity contribution < 1.29 is 0 Å². The number of benzene rings is 3. The molecule has 0 aliphatic heterocycles. The summed E-state index contributed by atoms with van der Waals surface area (Å²) in [5, 5.41) is 2.86. The van der Waals surface area contributed by atoms with Gasteiger partial charge in [-0.25, -0.2) is 0 Å². The molecule has 0 radical (unpaired) electrons. The molecule has 0 amide bonds. The highest BCUT2D eigenvalue weighted by molar-refractivity contribution is 7.98. The monoisotopic (exact) mass is 397 g/mol. The number of aromatic nitrogens is 1. The van der Waals surface area contributed by atoms with Crippen LogP contribution in [-0.2, 0) is 12.3 Å². The Bertz CT molecular complexity index is 1040. The minimum absolute atomic E-state index is 0.766. The van der Waals surface area contributed by atoms with E-state index in [1.807, 2.05) is 42.1 Å². The fourth-order valence-electron chi connectivity index (χ4n) is 3.01. The molecule has 130 valence electrons. The smallest absolute Gasteiger partial charge is 0.0495 e. The summed E-state index contributed by atoms with van der Waals surface area (Å²) < 4.78 is 2.28. The predicted molar refractivity (Wildman–Crippen MR) is 114 cm³/mol. The average Bonchev–Trinajstić information content (AvgIpc) is 3.01. The van der Waals surface area contributed by atoms with Crippen LogP contribution in [0.2, 0.25) is 10.0 Å². The molecule has 1 heterocycles. The van der Waals surface area contributed by atoms with Crippen molar-refractivity contribution in [3.8, 4) is 0 Å². The summed E-state index contributed by atoms with van der Waals surface area (Å²) in [6, 6.07) is 24.6. The molecule has 4 aromatic rings. The Balaban J connectivity index is 1.63. The zero-order valence-corrected chi connectivity index (χ0v) is 16.4. The van der Waals surface area contributed by atoms with Crippen LogP contribution in [0, 0.1) is 0 Å². The van der Waals surface area contributed by atoms with Gasteiger partial charge in [0.15, 0.2) is 0 Å². The van der Waals surface area contributed by atoms with Crippen molar-refractivity contribution in [1.29, 1.82) is 0 Å². The average molecular weight is 398 g/mol. The van der Waals surface area contributed by atoms with Crippen LogP contribution < -0.4 is 0 Å². The number of halogens is 2. The van der Waals surface area contributed by atoms with Crippen LogP contribution in [-0.4, -0.2) is 4.57 Å². The molecule has 0 aliphatic rings. The molecule has 0 spiro atoms. The fourth-order valence-corrected chi connectivity index (χ4v) is 4.38. The van der Waals surface area contributed by atoms with E-state index in [1.54, 1.807) is 0 Å². The zero-order chi connectivity index (χ0) is 17.9. The Kier molecular flexibility index (Phi) is 5.26. The molecule has 1 aromatic heterocycles. The first kappa shape index (κ1) is 17.5. The van der Waals surface area contributed by atoms with Crippen LogP contribution in [0.1, 0.15) is 11.1 Å². The van der Waals surface area contributed by atoms with Gasteiger partial charge in [-0.05, 0) is 35.4 Å². The van der Waals surface area contributed by atoms with Crippen LogP contribution in [0.15, 0.2) is 83.9 Å². The molecule has 0 fully saturated rings. The van der Waals surface area contributed by atoms with E-state index in [0.29, 0.717) is 0 Å². The van der Waals surface area contributed by atoms with Gasteiger partial charge in [0.1, 0.15) is 0 Å². The molecule has 0 bridgehead atoms. The van der Waals surface area contributed by atoms with E-state index in [9.17, 15) is 0 Å². The van der Waals surface area contributed by atoms with E-state index in [1.165, 1.54) is 21.4 Å². The molecule has 0 atom stereocenters. The number of nitrogens with zero attached hydrogens (tertiary/aromatic N) is 1. The second kappa shape index (κ2) is 7.79. The van der Waals surface area contributed by atoms with Gasteiger partial charge in [-0.1, -0.05) is 71.7 Å². The summed E-state index contributed by atoms with van der Waals surface area (Å²) in [5.41, 5.74) is 3.62. The van der Waals surface area contributed by atoms with Gasteiger partial charge in [0.2, 0.25) is 0 Å². The van der Waals surface area contributed by atoms with Crippen molar-refractivity contribution in [2.75, 3.05) is 0 Å². The molecule has 0 N–H and O–H groups in total. The summed E-state index contributed by atoms with van der Waals surface area (Å²) >= 11 is 14.2. The first-order chi connectivity index (χ1) is 12.7. The number of fused-ring (bicyclic) bond motifs is 1. The topological polar surface area (TPSA) is 4.93 Å². The lowest BCUT2D eigenvalue weighted by molar-refractivity contribution is 0.830.